The molecule has 0 radical (unpaired) electrons. The van der Waals surface area contributed by atoms with E-state index < -0.39 is 0 Å². The molecule has 0 aliphatic heterocycles. The van der Waals surface area contributed by atoms with Crippen LogP contribution in [0.1, 0.15) is 22.3 Å². The molecular formula is C38H35N. The lowest BCUT2D eigenvalue weighted by molar-refractivity contribution is 0.403. The van der Waals surface area contributed by atoms with Gasteiger partial charge < -0.3 is 4.90 Å². The zero-order valence-corrected chi connectivity index (χ0v) is 23.5. The molecule has 0 saturated carbocycles. The van der Waals surface area contributed by atoms with Crippen LogP contribution in [0.15, 0.2) is 109 Å². The average Bonchev–Trinajstić information content (AvgIpc) is 2.91. The van der Waals surface area contributed by atoms with Gasteiger partial charge in [-0.1, -0.05) is 108 Å². The summed E-state index contributed by atoms with van der Waals surface area (Å²) in [5.41, 5.74) is 12.9. The first kappa shape index (κ1) is 25.1. The third-order valence-electron chi connectivity index (χ3n) is 7.66. The van der Waals surface area contributed by atoms with E-state index in [1.54, 1.807) is 0 Å². The second-order valence-electron chi connectivity index (χ2n) is 11.2. The molecule has 0 aliphatic rings. The Balaban J connectivity index is 1.84. The second-order valence-corrected chi connectivity index (χ2v) is 11.2. The van der Waals surface area contributed by atoms with Crippen molar-refractivity contribution in [2.75, 3.05) is 14.1 Å². The van der Waals surface area contributed by atoms with Gasteiger partial charge in [-0.25, -0.2) is 0 Å². The molecule has 0 heterocycles. The van der Waals surface area contributed by atoms with Crippen LogP contribution in [0.5, 0.6) is 0 Å². The van der Waals surface area contributed by atoms with Crippen molar-refractivity contribution in [1.29, 1.82) is 0 Å². The molecule has 0 spiro atoms. The van der Waals surface area contributed by atoms with Crippen molar-refractivity contribution in [2.24, 2.45) is 0 Å². The first-order valence-corrected chi connectivity index (χ1v) is 13.8. The second kappa shape index (κ2) is 10.2. The van der Waals surface area contributed by atoms with Crippen LogP contribution >= 0.6 is 0 Å². The lowest BCUT2D eigenvalue weighted by atomic mass is 9.81. The summed E-state index contributed by atoms with van der Waals surface area (Å²) in [4.78, 5) is 2.27. The fourth-order valence-corrected chi connectivity index (χ4v) is 5.95. The van der Waals surface area contributed by atoms with Crippen LogP contribution in [-0.4, -0.2) is 19.0 Å². The van der Waals surface area contributed by atoms with Gasteiger partial charge in [-0.15, -0.1) is 0 Å². The normalized spacial score (nSPS) is 11.5. The van der Waals surface area contributed by atoms with Gasteiger partial charge in [0.1, 0.15) is 0 Å². The Morgan fingerprint density at radius 3 is 1.82 bits per heavy atom. The molecule has 0 fully saturated rings. The highest BCUT2D eigenvalue weighted by Gasteiger charge is 2.21. The van der Waals surface area contributed by atoms with Crippen LogP contribution in [0.4, 0.5) is 0 Å². The van der Waals surface area contributed by atoms with Crippen LogP contribution in [0.3, 0.4) is 0 Å². The molecule has 39 heavy (non-hydrogen) atoms. The molecule has 6 aromatic rings. The molecule has 0 N–H and O–H groups in total. The largest absolute Gasteiger partial charge is 0.305 e. The molecule has 0 aliphatic carbocycles. The summed E-state index contributed by atoms with van der Waals surface area (Å²) in [6.07, 6.45) is 0. The van der Waals surface area contributed by atoms with Gasteiger partial charge in [0, 0.05) is 6.54 Å². The summed E-state index contributed by atoms with van der Waals surface area (Å²) in [7, 11) is 4.31. The van der Waals surface area contributed by atoms with Crippen LogP contribution in [0.25, 0.3) is 54.9 Å². The minimum atomic E-state index is 0.883. The van der Waals surface area contributed by atoms with Crippen molar-refractivity contribution in [1.82, 2.24) is 4.90 Å². The lowest BCUT2D eigenvalue weighted by Crippen LogP contribution is -2.12. The van der Waals surface area contributed by atoms with E-state index in [1.165, 1.54) is 77.2 Å². The summed E-state index contributed by atoms with van der Waals surface area (Å²) < 4.78 is 0. The van der Waals surface area contributed by atoms with E-state index in [-0.39, 0.29) is 0 Å². The van der Waals surface area contributed by atoms with Crippen molar-refractivity contribution in [2.45, 2.75) is 27.3 Å². The molecule has 1 nitrogen and oxygen atoms in total. The third-order valence-corrected chi connectivity index (χ3v) is 7.66. The standard InChI is InChI=1S/C38H35N/c1-25-10-8-14-30(18-25)35-23-32-21-28-12-6-7-13-29(28)22-36(32)38(37(35)31-15-9-11-26(2)19-31)34-17-16-27(3)20-33(34)24-39(4)5/h6-23H,24H2,1-5H3. The van der Waals surface area contributed by atoms with E-state index in [2.05, 4.69) is 149 Å². The molecule has 0 atom stereocenters. The Labute approximate surface area is 232 Å². The Kier molecular flexibility index (Phi) is 6.54. The minimum Gasteiger partial charge on any atom is -0.305 e. The molecule has 6 rings (SSSR count). The van der Waals surface area contributed by atoms with E-state index in [0.29, 0.717) is 0 Å². The zero-order chi connectivity index (χ0) is 27.1. The summed E-state index contributed by atoms with van der Waals surface area (Å²) in [5.74, 6) is 0. The van der Waals surface area contributed by atoms with Gasteiger partial charge in [-0.3, -0.25) is 0 Å². The number of benzene rings is 6. The monoisotopic (exact) mass is 505 g/mol. The van der Waals surface area contributed by atoms with Gasteiger partial charge in [0.2, 0.25) is 0 Å². The van der Waals surface area contributed by atoms with Gasteiger partial charge in [0.05, 0.1) is 0 Å². The molecule has 0 aromatic heterocycles. The smallest absolute Gasteiger partial charge is 0.0233 e. The topological polar surface area (TPSA) is 3.24 Å². The molecule has 0 bridgehead atoms. The third kappa shape index (κ3) is 4.87. The van der Waals surface area contributed by atoms with Crippen molar-refractivity contribution in [3.05, 3.63) is 131 Å². The maximum atomic E-state index is 2.41. The predicted molar refractivity (Wildman–Crippen MR) is 169 cm³/mol. The maximum absolute atomic E-state index is 2.41. The van der Waals surface area contributed by atoms with Gasteiger partial charge in [-0.2, -0.15) is 0 Å². The molecular weight excluding hydrogens is 470 g/mol. The van der Waals surface area contributed by atoms with Crippen molar-refractivity contribution < 1.29 is 0 Å². The molecule has 0 unspecified atom stereocenters. The van der Waals surface area contributed by atoms with Crippen LogP contribution in [0, 0.1) is 20.8 Å². The fourth-order valence-electron chi connectivity index (χ4n) is 5.95. The van der Waals surface area contributed by atoms with E-state index in [9.17, 15) is 0 Å². The van der Waals surface area contributed by atoms with Crippen molar-refractivity contribution >= 4 is 21.5 Å². The molecule has 0 saturated heterocycles. The summed E-state index contributed by atoms with van der Waals surface area (Å²) in [6, 6.07) is 40.8. The number of rotatable bonds is 5. The Morgan fingerprint density at radius 1 is 0.487 bits per heavy atom. The minimum absolute atomic E-state index is 0.883. The summed E-state index contributed by atoms with van der Waals surface area (Å²) >= 11 is 0. The SMILES string of the molecule is Cc1cccc(-c2cc3cc4ccccc4cc3c(-c3ccc(C)cc3CN(C)C)c2-c2cccc(C)c2)c1. The Morgan fingerprint density at radius 2 is 1.13 bits per heavy atom. The highest BCUT2D eigenvalue weighted by atomic mass is 15.0. The Bertz CT molecular complexity index is 1840. The number of nitrogens with zero attached hydrogens (tertiary/aromatic N) is 1. The van der Waals surface area contributed by atoms with Crippen molar-refractivity contribution in [3.63, 3.8) is 0 Å². The van der Waals surface area contributed by atoms with Gasteiger partial charge in [0.15, 0.2) is 0 Å². The van der Waals surface area contributed by atoms with Crippen LogP contribution in [0.2, 0.25) is 0 Å². The molecule has 1 heteroatoms. The zero-order valence-electron chi connectivity index (χ0n) is 23.5. The van der Waals surface area contributed by atoms with E-state index in [0.717, 1.165) is 6.54 Å². The first-order chi connectivity index (χ1) is 18.9. The van der Waals surface area contributed by atoms with Gasteiger partial charge in [-0.05, 0) is 114 Å². The van der Waals surface area contributed by atoms with Crippen LogP contribution < -0.4 is 0 Å². The number of aryl methyl sites for hydroxylation is 3. The van der Waals surface area contributed by atoms with E-state index >= 15 is 0 Å². The lowest BCUT2D eigenvalue weighted by Gasteiger charge is -2.23. The average molecular weight is 506 g/mol. The Hall–Kier alpha value is -4.20. The molecule has 192 valence electrons. The van der Waals surface area contributed by atoms with E-state index in [1.807, 2.05) is 0 Å². The van der Waals surface area contributed by atoms with Crippen molar-refractivity contribution in [3.8, 4) is 33.4 Å². The van der Waals surface area contributed by atoms with Crippen LogP contribution in [-0.2, 0) is 6.54 Å². The first-order valence-electron chi connectivity index (χ1n) is 13.8. The van der Waals surface area contributed by atoms with E-state index in [4.69, 9.17) is 0 Å². The highest BCUT2D eigenvalue weighted by Crippen LogP contribution is 2.47. The van der Waals surface area contributed by atoms with Gasteiger partial charge >= 0.3 is 0 Å². The molecule has 6 aromatic carbocycles. The number of hydrogen-bond donors (Lipinski definition) is 0. The molecule has 0 amide bonds. The summed E-state index contributed by atoms with van der Waals surface area (Å²) in [5, 5.41) is 5.11. The maximum Gasteiger partial charge on any atom is 0.0233 e. The quantitative estimate of drug-likeness (QED) is 0.211. The predicted octanol–water partition coefficient (Wildman–Crippen LogP) is 9.98. The summed E-state index contributed by atoms with van der Waals surface area (Å²) in [6.45, 7) is 7.45. The highest BCUT2D eigenvalue weighted by molar-refractivity contribution is 6.13. The number of fused-ring (bicyclic) bond motifs is 2. The van der Waals surface area contributed by atoms with Gasteiger partial charge in [0.25, 0.3) is 0 Å². The number of hydrogen-bond acceptors (Lipinski definition) is 1. The fraction of sp³-hybridized carbons (Fsp3) is 0.158.